The van der Waals surface area contributed by atoms with Crippen molar-refractivity contribution in [3.8, 4) is 11.5 Å². The minimum absolute atomic E-state index is 0.219. The Kier molecular flexibility index (Phi) is 11.5. The van der Waals surface area contributed by atoms with Gasteiger partial charge in [-0.3, -0.25) is 9.80 Å². The van der Waals surface area contributed by atoms with Crippen molar-refractivity contribution in [1.29, 1.82) is 0 Å². The lowest BCUT2D eigenvalue weighted by Crippen LogP contribution is -2.49. The first-order chi connectivity index (χ1) is 21.2. The smallest absolute Gasteiger partial charge is 0.119 e. The van der Waals surface area contributed by atoms with Crippen LogP contribution in [0.5, 0.6) is 11.5 Å². The second-order valence-electron chi connectivity index (χ2n) is 11.8. The summed E-state index contributed by atoms with van der Waals surface area (Å²) in [5.41, 5.74) is 4.45. The van der Waals surface area contributed by atoms with Gasteiger partial charge in [0.05, 0.1) is 0 Å². The lowest BCUT2D eigenvalue weighted by molar-refractivity contribution is 0.0650. The van der Waals surface area contributed by atoms with E-state index < -0.39 is 12.2 Å². The number of nitrogens with zero attached hydrogens (tertiary/aromatic N) is 4. The molecular formula is C34H44Cl2N4O4. The van der Waals surface area contributed by atoms with Gasteiger partial charge in [-0.15, -0.1) is 0 Å². The first-order valence-corrected chi connectivity index (χ1v) is 16.2. The minimum Gasteiger partial charge on any atom is -0.491 e. The normalized spacial score (nSPS) is 17.9. The largest absolute Gasteiger partial charge is 0.491 e. The molecule has 0 aromatic heterocycles. The molecule has 0 aliphatic carbocycles. The van der Waals surface area contributed by atoms with Crippen molar-refractivity contribution in [2.24, 2.45) is 0 Å². The molecule has 5 rings (SSSR count). The van der Waals surface area contributed by atoms with Crippen molar-refractivity contribution in [2.75, 3.05) is 88.5 Å². The molecule has 0 unspecified atom stereocenters. The van der Waals surface area contributed by atoms with Crippen LogP contribution >= 0.6 is 23.2 Å². The van der Waals surface area contributed by atoms with Gasteiger partial charge >= 0.3 is 0 Å². The van der Waals surface area contributed by atoms with E-state index >= 15 is 0 Å². The van der Waals surface area contributed by atoms with Gasteiger partial charge in [-0.05, 0) is 73.5 Å². The highest BCUT2D eigenvalue weighted by atomic mass is 35.5. The predicted octanol–water partition coefficient (Wildman–Crippen LogP) is 4.73. The molecule has 2 heterocycles. The van der Waals surface area contributed by atoms with Crippen molar-refractivity contribution in [2.45, 2.75) is 26.1 Å². The standard InChI is InChI=1S/C34H44Cl2N4O4/c1-25-3-5-27(19-33(25)35)39-15-11-37(12-16-39)21-29(41)23-43-31-7-9-32(10-8-31)44-24-30(42)22-38-13-17-40(18-14-38)28-6-4-26(2)34(36)20-28/h3-10,19-20,29-30,41-42H,11-18,21-24H2,1-2H3/t29-,30-/m0/s1. The van der Waals surface area contributed by atoms with E-state index in [0.717, 1.165) is 84.9 Å². The van der Waals surface area contributed by atoms with Crippen molar-refractivity contribution in [3.63, 3.8) is 0 Å². The number of benzene rings is 3. The van der Waals surface area contributed by atoms with E-state index in [-0.39, 0.29) is 13.2 Å². The molecular weight excluding hydrogens is 599 g/mol. The lowest BCUT2D eigenvalue weighted by atomic mass is 10.2. The monoisotopic (exact) mass is 642 g/mol. The molecule has 2 atom stereocenters. The second-order valence-corrected chi connectivity index (χ2v) is 12.7. The fourth-order valence-electron chi connectivity index (χ4n) is 5.65. The number of aliphatic hydroxyl groups is 2. The average molecular weight is 644 g/mol. The first kappa shape index (κ1) is 32.7. The van der Waals surface area contributed by atoms with Gasteiger partial charge in [0.15, 0.2) is 0 Å². The number of aliphatic hydroxyl groups excluding tert-OH is 2. The highest BCUT2D eigenvalue weighted by Gasteiger charge is 2.22. The number of hydrogen-bond acceptors (Lipinski definition) is 8. The zero-order valence-electron chi connectivity index (χ0n) is 25.7. The number of rotatable bonds is 12. The first-order valence-electron chi connectivity index (χ1n) is 15.4. The summed E-state index contributed by atoms with van der Waals surface area (Å²) in [6, 6.07) is 19.7. The SMILES string of the molecule is Cc1ccc(N2CCN(C[C@H](O)COc3ccc(OC[C@@H](O)CN4CCN(c5ccc(C)c(Cl)c5)CC4)cc3)CC2)cc1Cl. The van der Waals surface area contributed by atoms with Crippen LogP contribution in [0.2, 0.25) is 10.0 Å². The highest BCUT2D eigenvalue weighted by molar-refractivity contribution is 6.31. The summed E-state index contributed by atoms with van der Waals surface area (Å²) in [6.07, 6.45) is -1.17. The number of ether oxygens (including phenoxy) is 2. The third kappa shape index (κ3) is 9.16. The molecule has 0 spiro atoms. The highest BCUT2D eigenvalue weighted by Crippen LogP contribution is 2.25. The number of hydrogen-bond donors (Lipinski definition) is 2. The van der Waals surface area contributed by atoms with Crippen LogP contribution in [0.15, 0.2) is 60.7 Å². The molecule has 3 aromatic rings. The fourth-order valence-corrected chi connectivity index (χ4v) is 6.00. The van der Waals surface area contributed by atoms with E-state index in [2.05, 4.69) is 43.9 Å². The van der Waals surface area contributed by atoms with Gasteiger partial charge in [0.1, 0.15) is 36.9 Å². The third-order valence-corrected chi connectivity index (χ3v) is 9.25. The van der Waals surface area contributed by atoms with Crippen LogP contribution in [0.25, 0.3) is 0 Å². The van der Waals surface area contributed by atoms with E-state index in [0.29, 0.717) is 24.6 Å². The Morgan fingerprint density at radius 3 is 1.30 bits per heavy atom. The van der Waals surface area contributed by atoms with E-state index in [1.807, 2.05) is 50.2 Å². The Labute approximate surface area is 271 Å². The van der Waals surface area contributed by atoms with Gasteiger partial charge in [0.2, 0.25) is 0 Å². The van der Waals surface area contributed by atoms with Crippen LogP contribution in [0.1, 0.15) is 11.1 Å². The summed E-state index contributed by atoms with van der Waals surface area (Å²) in [5.74, 6) is 1.34. The van der Waals surface area contributed by atoms with E-state index in [4.69, 9.17) is 32.7 Å². The molecule has 2 saturated heterocycles. The molecule has 2 fully saturated rings. The maximum Gasteiger partial charge on any atom is 0.119 e. The molecule has 44 heavy (non-hydrogen) atoms. The fraction of sp³-hybridized carbons (Fsp3) is 0.471. The van der Waals surface area contributed by atoms with Crippen molar-refractivity contribution >= 4 is 34.6 Å². The van der Waals surface area contributed by atoms with Gasteiger partial charge in [0, 0.05) is 86.9 Å². The van der Waals surface area contributed by atoms with Crippen molar-refractivity contribution < 1.29 is 19.7 Å². The number of aryl methyl sites for hydroxylation is 2. The van der Waals surface area contributed by atoms with E-state index in [9.17, 15) is 10.2 Å². The number of halogens is 2. The Bertz CT molecular complexity index is 1240. The Hall–Kier alpha value is -2.72. The van der Waals surface area contributed by atoms with Crippen LogP contribution in [0.3, 0.4) is 0 Å². The van der Waals surface area contributed by atoms with Crippen molar-refractivity contribution in [3.05, 3.63) is 81.8 Å². The molecule has 0 bridgehead atoms. The molecule has 238 valence electrons. The average Bonchev–Trinajstić information content (AvgIpc) is 3.03. The second kappa shape index (κ2) is 15.5. The minimum atomic E-state index is -0.585. The van der Waals surface area contributed by atoms with Crippen molar-refractivity contribution in [1.82, 2.24) is 9.80 Å². The van der Waals surface area contributed by atoms with Crippen LogP contribution in [-0.2, 0) is 0 Å². The molecule has 10 heteroatoms. The summed E-state index contributed by atoms with van der Waals surface area (Å²) in [6.45, 7) is 12.7. The van der Waals surface area contributed by atoms with Crippen LogP contribution in [0, 0.1) is 13.8 Å². The third-order valence-electron chi connectivity index (χ3n) is 8.43. The van der Waals surface area contributed by atoms with Crippen LogP contribution in [0.4, 0.5) is 11.4 Å². The summed E-state index contributed by atoms with van der Waals surface area (Å²) < 4.78 is 11.7. The van der Waals surface area contributed by atoms with Gasteiger partial charge in [-0.25, -0.2) is 0 Å². The van der Waals surface area contributed by atoms with Gasteiger partial charge in [-0.1, -0.05) is 35.3 Å². The molecule has 2 aliphatic heterocycles. The molecule has 0 radical (unpaired) electrons. The van der Waals surface area contributed by atoms with Gasteiger partial charge < -0.3 is 29.5 Å². The summed E-state index contributed by atoms with van der Waals surface area (Å²) in [5, 5.41) is 22.7. The molecule has 2 N–H and O–H groups in total. The Morgan fingerprint density at radius 2 is 0.955 bits per heavy atom. The quantitative estimate of drug-likeness (QED) is 0.294. The molecule has 8 nitrogen and oxygen atoms in total. The Balaban J connectivity index is 0.958. The number of anilines is 2. The summed E-state index contributed by atoms with van der Waals surface area (Å²) in [7, 11) is 0. The molecule has 2 aliphatic rings. The molecule has 0 amide bonds. The number of β-amino-alcohol motifs (C(OH)–C–C–N with tert-alkyl or cyclic N) is 2. The Morgan fingerprint density at radius 1 is 0.591 bits per heavy atom. The van der Waals surface area contributed by atoms with E-state index in [1.165, 1.54) is 0 Å². The molecule has 3 aromatic carbocycles. The summed E-state index contributed by atoms with van der Waals surface area (Å²) >= 11 is 12.6. The predicted molar refractivity (Wildman–Crippen MR) is 179 cm³/mol. The van der Waals surface area contributed by atoms with Crippen LogP contribution < -0.4 is 19.3 Å². The maximum absolute atomic E-state index is 10.6. The zero-order valence-corrected chi connectivity index (χ0v) is 27.2. The molecule has 0 saturated carbocycles. The number of piperazine rings is 2. The summed E-state index contributed by atoms with van der Waals surface area (Å²) in [4.78, 5) is 9.20. The van der Waals surface area contributed by atoms with Gasteiger partial charge in [0.25, 0.3) is 0 Å². The lowest BCUT2D eigenvalue weighted by Gasteiger charge is -2.37. The topological polar surface area (TPSA) is 71.9 Å². The van der Waals surface area contributed by atoms with Gasteiger partial charge in [-0.2, -0.15) is 0 Å². The maximum atomic E-state index is 10.6. The zero-order chi connectivity index (χ0) is 31.1. The van der Waals surface area contributed by atoms with Crippen LogP contribution in [-0.4, -0.2) is 111 Å². The van der Waals surface area contributed by atoms with E-state index in [1.54, 1.807) is 0 Å².